The molecule has 0 N–H and O–H groups in total. The van der Waals surface area contributed by atoms with Gasteiger partial charge in [0.2, 0.25) is 11.8 Å². The number of rotatable bonds is 4. The van der Waals surface area contributed by atoms with E-state index in [1.165, 1.54) is 19.3 Å². The predicted molar refractivity (Wildman–Crippen MR) is 96.8 cm³/mol. The van der Waals surface area contributed by atoms with E-state index in [0.717, 1.165) is 31.4 Å². The van der Waals surface area contributed by atoms with Gasteiger partial charge in [0.25, 0.3) is 5.89 Å². The third kappa shape index (κ3) is 3.32. The van der Waals surface area contributed by atoms with Crippen molar-refractivity contribution in [3.63, 3.8) is 0 Å². The van der Waals surface area contributed by atoms with E-state index >= 15 is 0 Å². The molecule has 0 bridgehead atoms. The van der Waals surface area contributed by atoms with Gasteiger partial charge in [-0.25, -0.2) is 0 Å². The monoisotopic (exact) mass is 355 g/mol. The van der Waals surface area contributed by atoms with Crippen LogP contribution in [0.2, 0.25) is 0 Å². The van der Waals surface area contributed by atoms with E-state index in [2.05, 4.69) is 10.2 Å². The van der Waals surface area contributed by atoms with Crippen molar-refractivity contribution in [3.8, 4) is 17.2 Å². The number of para-hydroxylation sites is 1. The van der Waals surface area contributed by atoms with Gasteiger partial charge in [-0.2, -0.15) is 0 Å². The highest BCUT2D eigenvalue weighted by atomic mass is 16.5. The van der Waals surface area contributed by atoms with Crippen LogP contribution in [0.1, 0.15) is 50.3 Å². The topological polar surface area (TPSA) is 68.5 Å². The Morgan fingerprint density at radius 1 is 1.15 bits per heavy atom. The third-order valence-electron chi connectivity index (χ3n) is 5.58. The number of likely N-dealkylation sites (tertiary alicyclic amines) is 1. The molecule has 1 aromatic carbocycles. The molecule has 2 aliphatic rings. The lowest BCUT2D eigenvalue weighted by Crippen LogP contribution is -2.35. The molecule has 1 saturated heterocycles. The van der Waals surface area contributed by atoms with Crippen LogP contribution >= 0.6 is 0 Å². The second kappa shape index (κ2) is 7.48. The number of nitrogens with zero attached hydrogens (tertiary/aromatic N) is 3. The Kier molecular flexibility index (Phi) is 4.91. The van der Waals surface area contributed by atoms with E-state index in [4.69, 9.17) is 9.15 Å². The Balaban J connectivity index is 1.45. The van der Waals surface area contributed by atoms with Crippen molar-refractivity contribution in [2.24, 2.45) is 5.92 Å². The van der Waals surface area contributed by atoms with Crippen molar-refractivity contribution in [2.45, 2.75) is 44.4 Å². The zero-order valence-corrected chi connectivity index (χ0v) is 15.2. The van der Waals surface area contributed by atoms with Gasteiger partial charge in [-0.1, -0.05) is 31.4 Å². The molecule has 1 aliphatic carbocycles. The number of carbonyl (C=O) groups is 1. The summed E-state index contributed by atoms with van der Waals surface area (Å²) < 4.78 is 11.3. The number of methoxy groups -OCH3 is 1. The molecule has 1 aliphatic heterocycles. The molecule has 1 amide bonds. The molecule has 138 valence electrons. The summed E-state index contributed by atoms with van der Waals surface area (Å²) in [6.45, 7) is 1.47. The standard InChI is InChI=1S/C20H25N3O3/c1-25-17-10-6-5-9-16(17)19-22-21-18(26-19)15-11-12-23(13-15)20(24)14-7-3-2-4-8-14/h5-6,9-10,14-15H,2-4,7-8,11-13H2,1H3. The molecule has 1 unspecified atom stereocenters. The van der Waals surface area contributed by atoms with Gasteiger partial charge in [-0.05, 0) is 31.4 Å². The molecule has 1 aromatic heterocycles. The zero-order valence-electron chi connectivity index (χ0n) is 15.2. The fourth-order valence-corrected chi connectivity index (χ4v) is 4.10. The van der Waals surface area contributed by atoms with Crippen LogP contribution in [0, 0.1) is 5.92 Å². The summed E-state index contributed by atoms with van der Waals surface area (Å²) in [5.41, 5.74) is 0.793. The van der Waals surface area contributed by atoms with Gasteiger partial charge in [0.05, 0.1) is 18.6 Å². The zero-order chi connectivity index (χ0) is 17.9. The summed E-state index contributed by atoms with van der Waals surface area (Å²) >= 11 is 0. The first-order chi connectivity index (χ1) is 12.8. The lowest BCUT2D eigenvalue weighted by Gasteiger charge is -2.26. The molecule has 6 heteroatoms. The third-order valence-corrected chi connectivity index (χ3v) is 5.58. The number of carbonyl (C=O) groups excluding carboxylic acids is 1. The van der Waals surface area contributed by atoms with Crippen LogP contribution in [-0.2, 0) is 4.79 Å². The SMILES string of the molecule is COc1ccccc1-c1nnc(C2CCN(C(=O)C3CCCCC3)C2)o1. The number of aromatic nitrogens is 2. The first kappa shape index (κ1) is 17.1. The minimum Gasteiger partial charge on any atom is -0.496 e. The highest BCUT2D eigenvalue weighted by Gasteiger charge is 2.34. The van der Waals surface area contributed by atoms with Crippen LogP contribution in [0.3, 0.4) is 0 Å². The Labute approximate surface area is 153 Å². The van der Waals surface area contributed by atoms with Gasteiger partial charge in [-0.3, -0.25) is 4.79 Å². The second-order valence-electron chi connectivity index (χ2n) is 7.25. The number of hydrogen-bond acceptors (Lipinski definition) is 5. The summed E-state index contributed by atoms with van der Waals surface area (Å²) in [4.78, 5) is 14.7. The molecular formula is C20H25N3O3. The average Bonchev–Trinajstić information content (AvgIpc) is 3.37. The molecule has 1 atom stereocenters. The molecule has 0 radical (unpaired) electrons. The molecule has 1 saturated carbocycles. The highest BCUT2D eigenvalue weighted by Crippen LogP contribution is 2.34. The number of benzene rings is 1. The maximum atomic E-state index is 12.7. The molecule has 2 fully saturated rings. The molecule has 6 nitrogen and oxygen atoms in total. The summed E-state index contributed by atoms with van der Waals surface area (Å²) in [5, 5.41) is 8.45. The van der Waals surface area contributed by atoms with Gasteiger partial charge in [0, 0.05) is 19.0 Å². The van der Waals surface area contributed by atoms with Crippen molar-refractivity contribution >= 4 is 5.91 Å². The number of hydrogen-bond donors (Lipinski definition) is 0. The van der Waals surface area contributed by atoms with Gasteiger partial charge >= 0.3 is 0 Å². The fraction of sp³-hybridized carbons (Fsp3) is 0.550. The van der Waals surface area contributed by atoms with Gasteiger partial charge in [0.15, 0.2) is 0 Å². The minimum atomic E-state index is 0.124. The molecule has 2 heterocycles. The quantitative estimate of drug-likeness (QED) is 0.837. The van der Waals surface area contributed by atoms with E-state index in [1.54, 1.807) is 7.11 Å². The van der Waals surface area contributed by atoms with E-state index in [1.807, 2.05) is 29.2 Å². The van der Waals surface area contributed by atoms with Crippen LogP contribution in [-0.4, -0.2) is 41.2 Å². The van der Waals surface area contributed by atoms with E-state index in [0.29, 0.717) is 30.0 Å². The largest absolute Gasteiger partial charge is 0.496 e. The van der Waals surface area contributed by atoms with Crippen LogP contribution in [0.15, 0.2) is 28.7 Å². The van der Waals surface area contributed by atoms with E-state index < -0.39 is 0 Å². The lowest BCUT2D eigenvalue weighted by atomic mass is 9.88. The van der Waals surface area contributed by atoms with Crippen LogP contribution in [0.25, 0.3) is 11.5 Å². The Bertz CT molecular complexity index is 767. The van der Waals surface area contributed by atoms with Crippen molar-refractivity contribution in [1.29, 1.82) is 0 Å². The molecule has 26 heavy (non-hydrogen) atoms. The first-order valence-corrected chi connectivity index (χ1v) is 9.52. The molecular weight excluding hydrogens is 330 g/mol. The Morgan fingerprint density at radius 3 is 2.77 bits per heavy atom. The molecule has 2 aromatic rings. The Morgan fingerprint density at radius 2 is 1.96 bits per heavy atom. The Hall–Kier alpha value is -2.37. The summed E-state index contributed by atoms with van der Waals surface area (Å²) in [6.07, 6.45) is 6.59. The molecule has 0 spiro atoms. The first-order valence-electron chi connectivity index (χ1n) is 9.52. The summed E-state index contributed by atoms with van der Waals surface area (Å²) in [7, 11) is 1.63. The van der Waals surface area contributed by atoms with Crippen LogP contribution < -0.4 is 4.74 Å². The van der Waals surface area contributed by atoms with E-state index in [9.17, 15) is 4.79 Å². The van der Waals surface area contributed by atoms with Crippen LogP contribution in [0.5, 0.6) is 5.75 Å². The van der Waals surface area contributed by atoms with E-state index in [-0.39, 0.29) is 11.8 Å². The number of amides is 1. The second-order valence-corrected chi connectivity index (χ2v) is 7.25. The minimum absolute atomic E-state index is 0.124. The lowest BCUT2D eigenvalue weighted by molar-refractivity contribution is -0.135. The highest BCUT2D eigenvalue weighted by molar-refractivity contribution is 5.79. The summed E-state index contributed by atoms with van der Waals surface area (Å²) in [6, 6.07) is 7.61. The maximum Gasteiger partial charge on any atom is 0.251 e. The van der Waals surface area contributed by atoms with Crippen LogP contribution in [0.4, 0.5) is 0 Å². The van der Waals surface area contributed by atoms with Gasteiger partial charge < -0.3 is 14.1 Å². The summed E-state index contributed by atoms with van der Waals surface area (Å²) in [5.74, 6) is 2.45. The van der Waals surface area contributed by atoms with Gasteiger partial charge in [-0.15, -0.1) is 10.2 Å². The maximum absolute atomic E-state index is 12.7. The number of ether oxygens (including phenoxy) is 1. The smallest absolute Gasteiger partial charge is 0.251 e. The van der Waals surface area contributed by atoms with Crippen molar-refractivity contribution in [3.05, 3.63) is 30.2 Å². The van der Waals surface area contributed by atoms with Crippen molar-refractivity contribution in [2.75, 3.05) is 20.2 Å². The van der Waals surface area contributed by atoms with Crippen molar-refractivity contribution in [1.82, 2.24) is 15.1 Å². The van der Waals surface area contributed by atoms with Gasteiger partial charge in [0.1, 0.15) is 5.75 Å². The molecule has 4 rings (SSSR count). The predicted octanol–water partition coefficient (Wildman–Crippen LogP) is 3.64. The normalized spacial score (nSPS) is 21.1. The average molecular weight is 355 g/mol. The van der Waals surface area contributed by atoms with Crippen molar-refractivity contribution < 1.29 is 13.9 Å². The fourth-order valence-electron chi connectivity index (χ4n) is 4.10.